The van der Waals surface area contributed by atoms with Gasteiger partial charge in [-0.2, -0.15) is 0 Å². The van der Waals surface area contributed by atoms with Gasteiger partial charge in [-0.25, -0.2) is 0 Å². The van der Waals surface area contributed by atoms with E-state index >= 15 is 0 Å². The number of thiazole rings is 1. The molecular formula is C13H20N2O5S. The third-order valence-electron chi connectivity index (χ3n) is 2.99. The van der Waals surface area contributed by atoms with Crippen LogP contribution in [-0.4, -0.2) is 53.3 Å². The van der Waals surface area contributed by atoms with E-state index in [4.69, 9.17) is 9.84 Å². The maximum absolute atomic E-state index is 12.0. The van der Waals surface area contributed by atoms with Crippen molar-refractivity contribution in [2.45, 2.75) is 26.3 Å². The zero-order valence-corrected chi connectivity index (χ0v) is 13.0. The van der Waals surface area contributed by atoms with Crippen LogP contribution in [0.25, 0.3) is 0 Å². The number of amides is 1. The number of ether oxygens (including phenoxy) is 1. The van der Waals surface area contributed by atoms with Gasteiger partial charge in [0.25, 0.3) is 0 Å². The van der Waals surface area contributed by atoms with E-state index in [-0.39, 0.29) is 30.3 Å². The number of hydrogen-bond donors (Lipinski definition) is 1. The molecule has 0 bridgehead atoms. The summed E-state index contributed by atoms with van der Waals surface area (Å²) in [6.45, 7) is 2.51. The average molecular weight is 316 g/mol. The van der Waals surface area contributed by atoms with Crippen molar-refractivity contribution in [1.29, 1.82) is 0 Å². The number of methoxy groups -OCH3 is 1. The molecule has 8 heteroatoms. The molecule has 1 aromatic heterocycles. The molecule has 0 aliphatic heterocycles. The number of aryl methyl sites for hydroxylation is 1. The quantitative estimate of drug-likeness (QED) is 0.719. The van der Waals surface area contributed by atoms with Crippen LogP contribution < -0.4 is 4.87 Å². The molecular weight excluding hydrogens is 296 g/mol. The van der Waals surface area contributed by atoms with Gasteiger partial charge in [0, 0.05) is 37.7 Å². The lowest BCUT2D eigenvalue weighted by Gasteiger charge is -2.20. The Kier molecular flexibility index (Phi) is 7.10. The van der Waals surface area contributed by atoms with Crippen LogP contribution in [0, 0.1) is 6.92 Å². The van der Waals surface area contributed by atoms with Gasteiger partial charge in [0.05, 0.1) is 6.61 Å². The highest BCUT2D eigenvalue weighted by Crippen LogP contribution is 2.04. The molecule has 7 nitrogen and oxygen atoms in total. The van der Waals surface area contributed by atoms with Crippen LogP contribution in [0.3, 0.4) is 0 Å². The van der Waals surface area contributed by atoms with Crippen molar-refractivity contribution in [3.8, 4) is 0 Å². The maximum atomic E-state index is 12.0. The molecule has 0 radical (unpaired) electrons. The van der Waals surface area contributed by atoms with Gasteiger partial charge in [0.2, 0.25) is 5.91 Å². The number of carbonyl (C=O) groups excluding carboxylic acids is 1. The van der Waals surface area contributed by atoms with Crippen LogP contribution in [0.1, 0.15) is 18.5 Å². The standard InChI is InChI=1S/C13H20N2O5S/c1-10-9-21-13(19)15(10)5-3-4-11(16)14(6-7-20-2)8-12(17)18/h9H,3-8H2,1-2H3,(H,17,18). The molecule has 1 rings (SSSR count). The number of carboxylic acid groups (broad SMARTS) is 1. The Labute approximate surface area is 126 Å². The molecule has 0 aliphatic rings. The Hall–Kier alpha value is -1.67. The molecule has 21 heavy (non-hydrogen) atoms. The lowest BCUT2D eigenvalue weighted by molar-refractivity contribution is -0.144. The molecule has 0 saturated heterocycles. The van der Waals surface area contributed by atoms with Crippen molar-refractivity contribution in [1.82, 2.24) is 9.47 Å². The van der Waals surface area contributed by atoms with Crippen LogP contribution >= 0.6 is 11.3 Å². The Bertz CT molecular complexity index is 537. The van der Waals surface area contributed by atoms with Crippen molar-refractivity contribution < 1.29 is 19.4 Å². The molecule has 0 unspecified atom stereocenters. The Balaban J connectivity index is 2.49. The third-order valence-corrected chi connectivity index (χ3v) is 3.87. The minimum absolute atomic E-state index is 0.0401. The van der Waals surface area contributed by atoms with E-state index in [1.165, 1.54) is 12.0 Å². The summed E-state index contributed by atoms with van der Waals surface area (Å²) in [5.74, 6) is -1.29. The molecule has 0 aromatic carbocycles. The second kappa shape index (κ2) is 8.58. The summed E-state index contributed by atoms with van der Waals surface area (Å²) < 4.78 is 6.49. The van der Waals surface area contributed by atoms with Gasteiger partial charge < -0.3 is 19.3 Å². The van der Waals surface area contributed by atoms with Crippen LogP contribution in [0.5, 0.6) is 0 Å². The fourth-order valence-electron chi connectivity index (χ4n) is 1.88. The molecule has 1 heterocycles. The molecule has 0 saturated carbocycles. The van der Waals surface area contributed by atoms with E-state index in [9.17, 15) is 14.4 Å². The molecule has 1 aromatic rings. The van der Waals surface area contributed by atoms with E-state index < -0.39 is 5.97 Å². The van der Waals surface area contributed by atoms with Crippen LogP contribution in [0.2, 0.25) is 0 Å². The van der Waals surface area contributed by atoms with Crippen LogP contribution in [-0.2, 0) is 20.9 Å². The molecule has 118 valence electrons. The van der Waals surface area contributed by atoms with E-state index in [1.54, 1.807) is 9.95 Å². The molecule has 0 fully saturated rings. The minimum Gasteiger partial charge on any atom is -0.480 e. The number of aliphatic carboxylic acids is 1. The summed E-state index contributed by atoms with van der Waals surface area (Å²) in [4.78, 5) is 35.5. The number of rotatable bonds is 9. The lowest BCUT2D eigenvalue weighted by Crippen LogP contribution is -2.38. The first-order chi connectivity index (χ1) is 9.95. The first-order valence-electron chi connectivity index (χ1n) is 6.59. The van der Waals surface area contributed by atoms with Gasteiger partial charge in [0.15, 0.2) is 0 Å². The normalized spacial score (nSPS) is 10.6. The Morgan fingerprint density at radius 2 is 2.19 bits per heavy atom. The first kappa shape index (κ1) is 17.4. The lowest BCUT2D eigenvalue weighted by atomic mass is 10.2. The minimum atomic E-state index is -1.05. The fourth-order valence-corrected chi connectivity index (χ4v) is 2.64. The number of aromatic nitrogens is 1. The molecule has 0 aliphatic carbocycles. The second-order valence-corrected chi connectivity index (χ2v) is 5.42. The van der Waals surface area contributed by atoms with Crippen LogP contribution in [0.4, 0.5) is 0 Å². The zero-order chi connectivity index (χ0) is 15.8. The largest absolute Gasteiger partial charge is 0.480 e. The van der Waals surface area contributed by atoms with Crippen molar-refractivity contribution in [3.05, 3.63) is 20.7 Å². The second-order valence-electron chi connectivity index (χ2n) is 4.60. The smallest absolute Gasteiger partial charge is 0.323 e. The van der Waals surface area contributed by atoms with E-state index in [1.807, 2.05) is 6.92 Å². The predicted molar refractivity (Wildman–Crippen MR) is 78.6 cm³/mol. The van der Waals surface area contributed by atoms with Gasteiger partial charge in [-0.05, 0) is 13.3 Å². The Morgan fingerprint density at radius 1 is 1.48 bits per heavy atom. The number of carbonyl (C=O) groups is 2. The molecule has 1 N–H and O–H groups in total. The third kappa shape index (κ3) is 5.68. The highest BCUT2D eigenvalue weighted by Gasteiger charge is 2.16. The summed E-state index contributed by atoms with van der Waals surface area (Å²) in [7, 11) is 1.50. The topological polar surface area (TPSA) is 88.8 Å². The van der Waals surface area contributed by atoms with Crippen molar-refractivity contribution in [2.24, 2.45) is 0 Å². The highest BCUT2D eigenvalue weighted by atomic mass is 32.1. The summed E-state index contributed by atoms with van der Waals surface area (Å²) in [5.41, 5.74) is 0.874. The summed E-state index contributed by atoms with van der Waals surface area (Å²) >= 11 is 1.13. The molecule has 1 amide bonds. The first-order valence-corrected chi connectivity index (χ1v) is 7.47. The summed E-state index contributed by atoms with van der Waals surface area (Å²) in [6, 6.07) is 0. The zero-order valence-electron chi connectivity index (χ0n) is 12.2. The van der Waals surface area contributed by atoms with Gasteiger partial charge >= 0.3 is 10.8 Å². The average Bonchev–Trinajstić information content (AvgIpc) is 2.74. The number of carboxylic acids is 1. The van der Waals surface area contributed by atoms with E-state index in [0.29, 0.717) is 19.6 Å². The van der Waals surface area contributed by atoms with Gasteiger partial charge in [-0.15, -0.1) is 0 Å². The van der Waals surface area contributed by atoms with Crippen LogP contribution in [0.15, 0.2) is 10.2 Å². The highest BCUT2D eigenvalue weighted by molar-refractivity contribution is 7.07. The predicted octanol–water partition coefficient (Wildman–Crippen LogP) is 0.558. The van der Waals surface area contributed by atoms with E-state index in [2.05, 4.69) is 0 Å². The van der Waals surface area contributed by atoms with Crippen molar-refractivity contribution >= 4 is 23.2 Å². The summed E-state index contributed by atoms with van der Waals surface area (Å²) in [6.07, 6.45) is 0.706. The monoisotopic (exact) mass is 316 g/mol. The SMILES string of the molecule is COCCN(CC(=O)O)C(=O)CCCn1c(C)csc1=O. The summed E-state index contributed by atoms with van der Waals surface area (Å²) in [5, 5.41) is 10.6. The van der Waals surface area contributed by atoms with E-state index in [0.717, 1.165) is 17.0 Å². The molecule has 0 spiro atoms. The Morgan fingerprint density at radius 3 is 2.71 bits per heavy atom. The van der Waals surface area contributed by atoms with Gasteiger partial charge in [0.1, 0.15) is 6.54 Å². The maximum Gasteiger partial charge on any atom is 0.323 e. The number of hydrogen-bond acceptors (Lipinski definition) is 5. The fraction of sp³-hybridized carbons (Fsp3) is 0.615. The van der Waals surface area contributed by atoms with Crippen molar-refractivity contribution in [2.75, 3.05) is 26.8 Å². The van der Waals surface area contributed by atoms with Crippen molar-refractivity contribution in [3.63, 3.8) is 0 Å². The van der Waals surface area contributed by atoms with Gasteiger partial charge in [-0.1, -0.05) is 11.3 Å². The number of nitrogens with zero attached hydrogens (tertiary/aromatic N) is 2. The van der Waals surface area contributed by atoms with Gasteiger partial charge in [-0.3, -0.25) is 14.4 Å². The molecule has 0 atom stereocenters.